The number of phenolic OH excluding ortho intramolecular Hbond substituents is 2. The minimum absolute atomic E-state index is 0.0242. The van der Waals surface area contributed by atoms with Gasteiger partial charge in [-0.05, 0) is 24.3 Å². The summed E-state index contributed by atoms with van der Waals surface area (Å²) in [6, 6.07) is 12.4. The highest BCUT2D eigenvalue weighted by molar-refractivity contribution is 9.10. The highest BCUT2D eigenvalue weighted by Gasteiger charge is 2.10. The van der Waals surface area contributed by atoms with Crippen LogP contribution >= 0.6 is 27.3 Å². The van der Waals surface area contributed by atoms with Gasteiger partial charge in [0.2, 0.25) is 0 Å². The van der Waals surface area contributed by atoms with Crippen molar-refractivity contribution < 1.29 is 10.2 Å². The van der Waals surface area contributed by atoms with Gasteiger partial charge in [-0.25, -0.2) is 4.98 Å². The topological polar surface area (TPSA) is 53.4 Å². The van der Waals surface area contributed by atoms with Gasteiger partial charge in [-0.2, -0.15) is 0 Å². The molecule has 20 heavy (non-hydrogen) atoms. The van der Waals surface area contributed by atoms with Crippen LogP contribution in [0.3, 0.4) is 0 Å². The van der Waals surface area contributed by atoms with Gasteiger partial charge < -0.3 is 10.2 Å². The number of phenols is 2. The summed E-state index contributed by atoms with van der Waals surface area (Å²) in [5.41, 5.74) is 2.33. The minimum atomic E-state index is 0.0242. The predicted octanol–water partition coefficient (Wildman–Crippen LogP) is 4.65. The Balaban J connectivity index is 2.02. The second-order valence-corrected chi connectivity index (χ2v) is 6.02. The first kappa shape index (κ1) is 13.1. The number of aromatic hydroxyl groups is 2. The fourth-order valence-corrected chi connectivity index (χ4v) is 3.10. The molecule has 0 aliphatic rings. The third-order valence-corrected chi connectivity index (χ3v) is 4.22. The molecule has 2 N–H and O–H groups in total. The molecule has 0 unspecified atom stereocenters. The molecule has 5 heteroatoms. The molecule has 3 nitrogen and oxygen atoms in total. The number of aromatic nitrogens is 1. The number of halogens is 1. The van der Waals surface area contributed by atoms with Crippen LogP contribution in [0.5, 0.6) is 11.5 Å². The highest BCUT2D eigenvalue weighted by atomic mass is 79.9. The Hall–Kier alpha value is -1.85. The summed E-state index contributed by atoms with van der Waals surface area (Å²) in [6.07, 6.45) is 0. The molecule has 0 aliphatic heterocycles. The average molecular weight is 348 g/mol. The molecule has 100 valence electrons. The van der Waals surface area contributed by atoms with Crippen molar-refractivity contribution in [3.05, 3.63) is 52.3 Å². The van der Waals surface area contributed by atoms with Crippen LogP contribution in [-0.4, -0.2) is 15.2 Å². The van der Waals surface area contributed by atoms with E-state index in [1.807, 2.05) is 29.6 Å². The number of benzene rings is 2. The number of hydrogen-bond acceptors (Lipinski definition) is 4. The van der Waals surface area contributed by atoms with Crippen molar-refractivity contribution in [1.82, 2.24) is 4.98 Å². The van der Waals surface area contributed by atoms with Gasteiger partial charge in [0.1, 0.15) is 16.5 Å². The van der Waals surface area contributed by atoms with Crippen LogP contribution in [0.4, 0.5) is 0 Å². The SMILES string of the molecule is Oc1ccc(-c2csc(-c3cccc(Br)c3)n2)c(O)c1. The highest BCUT2D eigenvalue weighted by Crippen LogP contribution is 2.35. The number of rotatable bonds is 2. The molecule has 2 aromatic carbocycles. The average Bonchev–Trinajstić information content (AvgIpc) is 2.88. The second-order valence-electron chi connectivity index (χ2n) is 4.25. The Morgan fingerprint density at radius 1 is 1.05 bits per heavy atom. The molecular weight excluding hydrogens is 338 g/mol. The molecule has 0 amide bonds. The molecule has 0 atom stereocenters. The molecule has 0 fully saturated rings. The van der Waals surface area contributed by atoms with Crippen LogP contribution in [0.15, 0.2) is 52.3 Å². The maximum atomic E-state index is 9.87. The first-order valence-corrected chi connectivity index (χ1v) is 7.54. The monoisotopic (exact) mass is 347 g/mol. The molecule has 0 aliphatic carbocycles. The van der Waals surface area contributed by atoms with Crippen LogP contribution < -0.4 is 0 Å². The molecule has 0 radical (unpaired) electrons. The van der Waals surface area contributed by atoms with E-state index >= 15 is 0 Å². The molecule has 0 saturated heterocycles. The zero-order valence-corrected chi connectivity index (χ0v) is 12.6. The Labute approximate surface area is 128 Å². The smallest absolute Gasteiger partial charge is 0.128 e. The third kappa shape index (κ3) is 2.55. The second kappa shape index (κ2) is 5.26. The quantitative estimate of drug-likeness (QED) is 0.709. The van der Waals surface area contributed by atoms with Crippen molar-refractivity contribution in [1.29, 1.82) is 0 Å². The van der Waals surface area contributed by atoms with E-state index < -0.39 is 0 Å². The van der Waals surface area contributed by atoms with Gasteiger partial charge in [-0.15, -0.1) is 11.3 Å². The van der Waals surface area contributed by atoms with E-state index in [0.29, 0.717) is 11.3 Å². The van der Waals surface area contributed by atoms with Gasteiger partial charge in [0.25, 0.3) is 0 Å². The predicted molar refractivity (Wildman–Crippen MR) is 84.0 cm³/mol. The van der Waals surface area contributed by atoms with Gasteiger partial charge >= 0.3 is 0 Å². The van der Waals surface area contributed by atoms with Crippen LogP contribution in [-0.2, 0) is 0 Å². The van der Waals surface area contributed by atoms with Crippen molar-refractivity contribution in [2.45, 2.75) is 0 Å². The van der Waals surface area contributed by atoms with E-state index in [9.17, 15) is 10.2 Å². The summed E-state index contributed by atoms with van der Waals surface area (Å²) in [6.45, 7) is 0. The number of thiazole rings is 1. The lowest BCUT2D eigenvalue weighted by Gasteiger charge is -2.01. The Morgan fingerprint density at radius 3 is 2.65 bits per heavy atom. The van der Waals surface area contributed by atoms with E-state index in [4.69, 9.17) is 0 Å². The minimum Gasteiger partial charge on any atom is -0.508 e. The van der Waals surface area contributed by atoms with Crippen molar-refractivity contribution in [2.75, 3.05) is 0 Å². The van der Waals surface area contributed by atoms with Crippen molar-refractivity contribution >= 4 is 27.3 Å². The van der Waals surface area contributed by atoms with Crippen molar-refractivity contribution in [3.8, 4) is 33.3 Å². The van der Waals surface area contributed by atoms with Gasteiger partial charge in [-0.3, -0.25) is 0 Å². The van der Waals surface area contributed by atoms with Crippen LogP contribution in [0.2, 0.25) is 0 Å². The van der Waals surface area contributed by atoms with Crippen LogP contribution in [0.1, 0.15) is 0 Å². The molecule has 1 aromatic heterocycles. The molecule has 3 aromatic rings. The first-order valence-electron chi connectivity index (χ1n) is 5.87. The molecule has 3 rings (SSSR count). The fourth-order valence-electron chi connectivity index (χ4n) is 1.89. The Bertz CT molecular complexity index is 770. The summed E-state index contributed by atoms with van der Waals surface area (Å²) in [5, 5.41) is 22.0. The first-order chi connectivity index (χ1) is 9.63. The molecular formula is C15H10BrNO2S. The summed E-state index contributed by atoms with van der Waals surface area (Å²) < 4.78 is 0.999. The van der Waals surface area contributed by atoms with Gasteiger partial charge in [0.15, 0.2) is 0 Å². The number of hydrogen-bond donors (Lipinski definition) is 2. The lowest BCUT2D eigenvalue weighted by Crippen LogP contribution is -1.81. The lowest BCUT2D eigenvalue weighted by molar-refractivity contribution is 0.452. The van der Waals surface area contributed by atoms with Crippen molar-refractivity contribution in [2.24, 2.45) is 0 Å². The zero-order valence-electron chi connectivity index (χ0n) is 10.2. The van der Waals surface area contributed by atoms with E-state index in [1.54, 1.807) is 6.07 Å². The summed E-state index contributed by atoms with van der Waals surface area (Å²) in [5.74, 6) is 0.0600. The Kier molecular flexibility index (Phi) is 3.46. The normalized spacial score (nSPS) is 10.7. The van der Waals surface area contributed by atoms with Gasteiger partial charge in [0.05, 0.1) is 5.69 Å². The van der Waals surface area contributed by atoms with Crippen LogP contribution in [0.25, 0.3) is 21.8 Å². The Morgan fingerprint density at radius 2 is 1.90 bits per heavy atom. The van der Waals surface area contributed by atoms with Crippen LogP contribution in [0, 0.1) is 0 Å². The molecule has 0 bridgehead atoms. The van der Waals surface area contributed by atoms with Gasteiger partial charge in [-0.1, -0.05) is 28.1 Å². The van der Waals surface area contributed by atoms with E-state index in [-0.39, 0.29) is 11.5 Å². The van der Waals surface area contributed by atoms with E-state index in [1.165, 1.54) is 23.5 Å². The fraction of sp³-hybridized carbons (Fsp3) is 0. The van der Waals surface area contributed by atoms with Gasteiger partial charge in [0, 0.05) is 27.0 Å². The standard InChI is InChI=1S/C15H10BrNO2S/c16-10-3-1-2-9(6-10)15-17-13(8-20-15)12-5-4-11(18)7-14(12)19/h1-8,18-19H. The van der Waals surface area contributed by atoms with Crippen molar-refractivity contribution in [3.63, 3.8) is 0 Å². The maximum absolute atomic E-state index is 9.87. The number of nitrogens with zero attached hydrogens (tertiary/aromatic N) is 1. The molecule has 0 spiro atoms. The summed E-state index contributed by atoms with van der Waals surface area (Å²) in [7, 11) is 0. The van der Waals surface area contributed by atoms with E-state index in [2.05, 4.69) is 20.9 Å². The lowest BCUT2D eigenvalue weighted by atomic mass is 10.1. The summed E-state index contributed by atoms with van der Waals surface area (Å²) >= 11 is 4.95. The molecule has 1 heterocycles. The maximum Gasteiger partial charge on any atom is 0.128 e. The zero-order chi connectivity index (χ0) is 14.1. The third-order valence-electron chi connectivity index (χ3n) is 2.83. The summed E-state index contributed by atoms with van der Waals surface area (Å²) in [4.78, 5) is 4.54. The molecule has 0 saturated carbocycles. The largest absolute Gasteiger partial charge is 0.508 e. The van der Waals surface area contributed by atoms with E-state index in [0.717, 1.165) is 15.0 Å².